The number of anilines is 3. The van der Waals surface area contributed by atoms with Crippen molar-refractivity contribution in [2.45, 2.75) is 25.7 Å². The Labute approximate surface area is 176 Å². The van der Waals surface area contributed by atoms with Gasteiger partial charge in [0.1, 0.15) is 5.75 Å². The fourth-order valence-corrected chi connectivity index (χ4v) is 4.20. The van der Waals surface area contributed by atoms with Gasteiger partial charge in [0.2, 0.25) is 17.8 Å². The fraction of sp³-hybridized carbons (Fsp3) is 0.444. The van der Waals surface area contributed by atoms with Crippen molar-refractivity contribution in [2.75, 3.05) is 41.4 Å². The van der Waals surface area contributed by atoms with Crippen LogP contribution in [-0.2, 0) is 0 Å². The molecule has 4 rings (SSSR count). The third-order valence-corrected chi connectivity index (χ3v) is 5.56. The van der Waals surface area contributed by atoms with Crippen molar-refractivity contribution in [1.29, 1.82) is 0 Å². The summed E-state index contributed by atoms with van der Waals surface area (Å²) in [6.45, 7) is 3.82. The van der Waals surface area contributed by atoms with Crippen LogP contribution in [0.2, 0.25) is 5.02 Å². The molecule has 10 heteroatoms. The van der Waals surface area contributed by atoms with Crippen molar-refractivity contribution < 1.29 is 5.11 Å². The molecule has 2 aromatic rings. The van der Waals surface area contributed by atoms with Crippen molar-refractivity contribution in [3.63, 3.8) is 0 Å². The Morgan fingerprint density at radius 3 is 2.14 bits per heavy atom. The van der Waals surface area contributed by atoms with Crippen LogP contribution in [0.15, 0.2) is 21.7 Å². The van der Waals surface area contributed by atoms with E-state index >= 15 is 0 Å². The Morgan fingerprint density at radius 2 is 1.57 bits per heavy atom. The van der Waals surface area contributed by atoms with Crippen LogP contribution in [0, 0.1) is 0 Å². The van der Waals surface area contributed by atoms with Crippen molar-refractivity contribution in [1.82, 2.24) is 15.0 Å². The van der Waals surface area contributed by atoms with Gasteiger partial charge in [0.25, 0.3) is 0 Å². The van der Waals surface area contributed by atoms with Crippen LogP contribution in [-0.4, -0.2) is 52.5 Å². The van der Waals surface area contributed by atoms with Gasteiger partial charge in [-0.1, -0.05) is 27.5 Å². The van der Waals surface area contributed by atoms with Gasteiger partial charge in [-0.15, -0.1) is 0 Å². The number of nitrogens with zero attached hydrogens (tertiary/aromatic N) is 6. The fourth-order valence-electron chi connectivity index (χ4n) is 3.36. The molecule has 2 N–H and O–H groups in total. The third-order valence-electron chi connectivity index (χ3n) is 4.82. The highest BCUT2D eigenvalue weighted by atomic mass is 79.9. The first-order chi connectivity index (χ1) is 13.6. The van der Waals surface area contributed by atoms with Gasteiger partial charge in [-0.2, -0.15) is 20.1 Å². The number of phenols is 1. The summed E-state index contributed by atoms with van der Waals surface area (Å²) in [6.07, 6.45) is 6.08. The molecule has 0 aliphatic carbocycles. The summed E-state index contributed by atoms with van der Waals surface area (Å²) in [6, 6.07) is 3.35. The van der Waals surface area contributed by atoms with E-state index in [2.05, 4.69) is 51.2 Å². The number of phenolic OH excluding ortho intramolecular Hbond substituents is 1. The SMILES string of the molecule is Oc1c(Cl)cc(Br)cc1/C=N/Nc1nc(N2CCCC2)nc(N2CCCC2)n1. The van der Waals surface area contributed by atoms with E-state index < -0.39 is 0 Å². The third kappa shape index (κ3) is 4.30. The molecule has 0 unspecified atom stereocenters. The monoisotopic (exact) mass is 465 g/mol. The van der Waals surface area contributed by atoms with Crippen LogP contribution in [0.4, 0.5) is 17.8 Å². The van der Waals surface area contributed by atoms with Crippen LogP contribution in [0.5, 0.6) is 5.75 Å². The maximum absolute atomic E-state index is 10.1. The Balaban J connectivity index is 1.58. The van der Waals surface area contributed by atoms with E-state index in [9.17, 15) is 5.11 Å². The minimum Gasteiger partial charge on any atom is -0.506 e. The molecule has 0 atom stereocenters. The maximum atomic E-state index is 10.1. The highest BCUT2D eigenvalue weighted by Crippen LogP contribution is 2.30. The quantitative estimate of drug-likeness (QED) is 0.513. The van der Waals surface area contributed by atoms with E-state index in [0.29, 0.717) is 23.4 Å². The zero-order valence-electron chi connectivity index (χ0n) is 15.3. The van der Waals surface area contributed by atoms with E-state index in [1.54, 1.807) is 12.1 Å². The molecule has 0 saturated carbocycles. The molecule has 3 heterocycles. The summed E-state index contributed by atoms with van der Waals surface area (Å²) in [4.78, 5) is 18.1. The van der Waals surface area contributed by atoms with Gasteiger partial charge in [0.05, 0.1) is 11.2 Å². The van der Waals surface area contributed by atoms with Crippen LogP contribution in [0.25, 0.3) is 0 Å². The summed E-state index contributed by atoms with van der Waals surface area (Å²) in [5.41, 5.74) is 3.36. The molecule has 0 radical (unpaired) electrons. The number of hydrogen-bond donors (Lipinski definition) is 2. The summed E-state index contributed by atoms with van der Waals surface area (Å²) < 4.78 is 0.754. The summed E-state index contributed by atoms with van der Waals surface area (Å²) in [5.74, 6) is 1.72. The largest absolute Gasteiger partial charge is 0.506 e. The number of rotatable bonds is 5. The molecule has 148 valence electrons. The van der Waals surface area contributed by atoms with Crippen LogP contribution in [0.1, 0.15) is 31.2 Å². The average molecular weight is 467 g/mol. The van der Waals surface area contributed by atoms with E-state index in [4.69, 9.17) is 11.6 Å². The van der Waals surface area contributed by atoms with E-state index in [1.165, 1.54) is 6.21 Å². The summed E-state index contributed by atoms with van der Waals surface area (Å²) in [5, 5.41) is 14.5. The lowest BCUT2D eigenvalue weighted by atomic mass is 10.2. The lowest BCUT2D eigenvalue weighted by Crippen LogP contribution is -2.25. The first-order valence-corrected chi connectivity index (χ1v) is 10.5. The Hall–Kier alpha value is -2.13. The molecular formula is C18H21BrClN7O. The van der Waals surface area contributed by atoms with E-state index in [0.717, 1.165) is 56.3 Å². The highest BCUT2D eigenvalue weighted by Gasteiger charge is 2.21. The van der Waals surface area contributed by atoms with Gasteiger partial charge in [-0.05, 0) is 37.8 Å². The molecule has 2 saturated heterocycles. The number of hydrogen-bond acceptors (Lipinski definition) is 8. The minimum atomic E-state index is -0.0263. The van der Waals surface area contributed by atoms with Crippen molar-refractivity contribution in [2.24, 2.45) is 5.10 Å². The molecule has 2 aliphatic rings. The predicted molar refractivity (Wildman–Crippen MR) is 115 cm³/mol. The average Bonchev–Trinajstić information content (AvgIpc) is 3.39. The minimum absolute atomic E-state index is 0.0263. The second-order valence-corrected chi connectivity index (χ2v) is 8.17. The van der Waals surface area contributed by atoms with Gasteiger partial charge in [0.15, 0.2) is 0 Å². The first-order valence-electron chi connectivity index (χ1n) is 9.33. The molecule has 1 aromatic carbocycles. The van der Waals surface area contributed by atoms with Crippen LogP contribution < -0.4 is 15.2 Å². The summed E-state index contributed by atoms with van der Waals surface area (Å²) in [7, 11) is 0. The maximum Gasteiger partial charge on any atom is 0.250 e. The lowest BCUT2D eigenvalue weighted by molar-refractivity contribution is 0.474. The molecule has 0 spiro atoms. The van der Waals surface area contributed by atoms with Gasteiger partial charge in [-0.3, -0.25) is 0 Å². The second kappa shape index (κ2) is 8.48. The van der Waals surface area contributed by atoms with E-state index in [-0.39, 0.29) is 10.8 Å². The Morgan fingerprint density at radius 1 is 1.00 bits per heavy atom. The van der Waals surface area contributed by atoms with Gasteiger partial charge in [0, 0.05) is 36.2 Å². The van der Waals surface area contributed by atoms with Crippen LogP contribution in [0.3, 0.4) is 0 Å². The van der Waals surface area contributed by atoms with Crippen molar-refractivity contribution in [3.05, 3.63) is 27.2 Å². The molecule has 2 aliphatic heterocycles. The molecule has 0 bridgehead atoms. The predicted octanol–water partition coefficient (Wildman–Crippen LogP) is 3.64. The Kier molecular flexibility index (Phi) is 5.82. The Bertz CT molecular complexity index is 848. The summed E-state index contributed by atoms with van der Waals surface area (Å²) >= 11 is 9.35. The lowest BCUT2D eigenvalue weighted by Gasteiger charge is -2.20. The standard InChI is InChI=1S/C18H21BrClN7O/c19-13-9-12(15(28)14(20)10-13)11-21-25-16-22-17(26-5-1-2-6-26)24-18(23-16)27-7-3-4-8-27/h9-11,28H,1-8H2,(H,22,23,24,25)/b21-11+. The molecule has 28 heavy (non-hydrogen) atoms. The van der Waals surface area contributed by atoms with Crippen molar-refractivity contribution >= 4 is 51.6 Å². The smallest absolute Gasteiger partial charge is 0.250 e. The zero-order valence-corrected chi connectivity index (χ0v) is 17.6. The van der Waals surface area contributed by atoms with Gasteiger partial charge < -0.3 is 14.9 Å². The molecule has 1 aromatic heterocycles. The zero-order chi connectivity index (χ0) is 19.5. The van der Waals surface area contributed by atoms with E-state index in [1.807, 2.05) is 0 Å². The topological polar surface area (TPSA) is 89.8 Å². The molecule has 2 fully saturated rings. The number of hydrazone groups is 1. The molecular weight excluding hydrogens is 446 g/mol. The highest BCUT2D eigenvalue weighted by molar-refractivity contribution is 9.10. The van der Waals surface area contributed by atoms with Gasteiger partial charge >= 0.3 is 0 Å². The van der Waals surface area contributed by atoms with Gasteiger partial charge in [-0.25, -0.2) is 5.43 Å². The van der Waals surface area contributed by atoms with Crippen molar-refractivity contribution in [3.8, 4) is 5.75 Å². The molecule has 0 amide bonds. The molecule has 8 nitrogen and oxygen atoms in total. The number of halogens is 2. The second-order valence-electron chi connectivity index (χ2n) is 6.84. The van der Waals surface area contributed by atoms with Crippen LogP contribution >= 0.6 is 27.5 Å². The number of nitrogens with one attached hydrogen (secondary N) is 1. The number of aromatic nitrogens is 3. The normalized spacial score (nSPS) is 17.1. The first kappa shape index (κ1) is 19.2. The number of aromatic hydroxyl groups is 1. The number of benzene rings is 1.